The molecular formula is C9H10Cl2N2O3S. The molecule has 8 heteroatoms. The zero-order chi connectivity index (χ0) is 13.4. The Kier molecular flexibility index (Phi) is 4.03. The Morgan fingerprint density at radius 2 is 1.82 bits per heavy atom. The largest absolute Gasteiger partial charge is 0.366 e. The number of hydrogen-bond donors (Lipinski definition) is 1. The lowest BCUT2D eigenvalue weighted by Crippen LogP contribution is -2.23. The standard InChI is InChI=1S/C9H10Cl2N2O3S/c1-13(2)17(15,16)5-3-6(9(12)14)8(11)7(10)4-5/h3-4H,1-2H3,(H2,12,14). The molecule has 0 saturated carbocycles. The normalized spacial score (nSPS) is 11.8. The lowest BCUT2D eigenvalue weighted by Gasteiger charge is -2.13. The van der Waals surface area contributed by atoms with Crippen LogP contribution in [0.25, 0.3) is 0 Å². The van der Waals surface area contributed by atoms with Crippen molar-refractivity contribution in [3.63, 3.8) is 0 Å². The summed E-state index contributed by atoms with van der Waals surface area (Å²) < 4.78 is 24.7. The van der Waals surface area contributed by atoms with Crippen molar-refractivity contribution in [2.75, 3.05) is 14.1 Å². The van der Waals surface area contributed by atoms with Gasteiger partial charge in [0.25, 0.3) is 0 Å². The lowest BCUT2D eigenvalue weighted by atomic mass is 10.2. The third kappa shape index (κ3) is 2.71. The fourth-order valence-corrected chi connectivity index (χ4v) is 2.54. The Morgan fingerprint density at radius 3 is 2.24 bits per heavy atom. The van der Waals surface area contributed by atoms with Crippen LogP contribution < -0.4 is 5.73 Å². The molecule has 1 amide bonds. The molecule has 1 rings (SSSR count). The molecule has 0 heterocycles. The minimum Gasteiger partial charge on any atom is -0.366 e. The van der Waals surface area contributed by atoms with Crippen molar-refractivity contribution in [1.82, 2.24) is 4.31 Å². The van der Waals surface area contributed by atoms with Crippen molar-refractivity contribution >= 4 is 39.1 Å². The van der Waals surface area contributed by atoms with E-state index in [4.69, 9.17) is 28.9 Å². The first-order valence-electron chi connectivity index (χ1n) is 4.39. The van der Waals surface area contributed by atoms with E-state index in [0.717, 1.165) is 10.4 Å². The van der Waals surface area contributed by atoms with E-state index in [0.29, 0.717) is 0 Å². The Balaban J connectivity index is 3.55. The van der Waals surface area contributed by atoms with Crippen LogP contribution in [0.15, 0.2) is 17.0 Å². The summed E-state index contributed by atoms with van der Waals surface area (Å²) in [6.07, 6.45) is 0. The lowest BCUT2D eigenvalue weighted by molar-refractivity contribution is 0.1000. The number of halogens is 2. The Hall–Kier alpha value is -0.820. The van der Waals surface area contributed by atoms with Crippen LogP contribution in [-0.2, 0) is 10.0 Å². The van der Waals surface area contributed by atoms with Crippen LogP contribution >= 0.6 is 23.2 Å². The van der Waals surface area contributed by atoms with Crippen LogP contribution in [0.4, 0.5) is 0 Å². The van der Waals surface area contributed by atoms with Crippen LogP contribution in [0.5, 0.6) is 0 Å². The maximum atomic E-state index is 11.8. The van der Waals surface area contributed by atoms with Gasteiger partial charge in [-0.2, -0.15) is 0 Å². The minimum absolute atomic E-state index is 0.0385. The first kappa shape index (κ1) is 14.2. The number of sulfonamides is 1. The summed E-state index contributed by atoms with van der Waals surface area (Å²) in [5.74, 6) is -0.840. The molecule has 0 bridgehead atoms. The van der Waals surface area contributed by atoms with Crippen molar-refractivity contribution in [3.8, 4) is 0 Å². The Bertz CT molecular complexity index is 570. The number of amides is 1. The quantitative estimate of drug-likeness (QED) is 0.914. The van der Waals surface area contributed by atoms with Crippen LogP contribution in [0, 0.1) is 0 Å². The first-order valence-corrected chi connectivity index (χ1v) is 6.59. The van der Waals surface area contributed by atoms with E-state index in [1.165, 1.54) is 20.2 Å². The molecule has 0 saturated heterocycles. The number of nitrogens with zero attached hydrogens (tertiary/aromatic N) is 1. The molecule has 0 aliphatic carbocycles. The van der Waals surface area contributed by atoms with E-state index < -0.39 is 15.9 Å². The summed E-state index contributed by atoms with van der Waals surface area (Å²) in [5.41, 5.74) is 4.96. The van der Waals surface area contributed by atoms with Gasteiger partial charge in [-0.15, -0.1) is 0 Å². The monoisotopic (exact) mass is 296 g/mol. The van der Waals surface area contributed by atoms with E-state index in [2.05, 4.69) is 0 Å². The third-order valence-corrected chi connectivity index (χ3v) is 4.64. The van der Waals surface area contributed by atoms with Gasteiger partial charge in [-0.05, 0) is 12.1 Å². The number of primary amides is 1. The number of carbonyl (C=O) groups excluding carboxylic acids is 1. The zero-order valence-electron chi connectivity index (χ0n) is 9.07. The average Bonchev–Trinajstić information content (AvgIpc) is 2.20. The molecule has 0 fully saturated rings. The highest BCUT2D eigenvalue weighted by Crippen LogP contribution is 2.29. The van der Waals surface area contributed by atoms with Crippen LogP contribution in [-0.4, -0.2) is 32.7 Å². The first-order chi connectivity index (χ1) is 7.67. The minimum atomic E-state index is -3.69. The molecule has 1 aromatic rings. The zero-order valence-corrected chi connectivity index (χ0v) is 11.4. The van der Waals surface area contributed by atoms with E-state index in [1.807, 2.05) is 0 Å². The van der Waals surface area contributed by atoms with E-state index in [9.17, 15) is 13.2 Å². The van der Waals surface area contributed by atoms with Crippen molar-refractivity contribution in [2.24, 2.45) is 5.73 Å². The van der Waals surface area contributed by atoms with Crippen molar-refractivity contribution in [2.45, 2.75) is 4.90 Å². The van der Waals surface area contributed by atoms with Crippen molar-refractivity contribution in [1.29, 1.82) is 0 Å². The predicted molar refractivity (Wildman–Crippen MR) is 65.9 cm³/mol. The van der Waals surface area contributed by atoms with Crippen LogP contribution in [0.2, 0.25) is 10.0 Å². The van der Waals surface area contributed by atoms with Gasteiger partial charge >= 0.3 is 0 Å². The summed E-state index contributed by atoms with van der Waals surface area (Å²) in [5, 5.41) is -0.0970. The molecule has 94 valence electrons. The highest BCUT2D eigenvalue weighted by Gasteiger charge is 2.22. The molecule has 0 aromatic heterocycles. The number of hydrogen-bond acceptors (Lipinski definition) is 3. The van der Waals surface area contributed by atoms with Gasteiger partial charge < -0.3 is 5.73 Å². The fraction of sp³-hybridized carbons (Fsp3) is 0.222. The number of rotatable bonds is 3. The molecule has 0 radical (unpaired) electrons. The molecule has 1 aromatic carbocycles. The van der Waals surface area contributed by atoms with Crippen molar-refractivity contribution < 1.29 is 13.2 Å². The van der Waals surface area contributed by atoms with Gasteiger partial charge in [0, 0.05) is 14.1 Å². The molecule has 0 atom stereocenters. The molecule has 2 N–H and O–H groups in total. The Morgan fingerprint density at radius 1 is 1.29 bits per heavy atom. The highest BCUT2D eigenvalue weighted by atomic mass is 35.5. The fourth-order valence-electron chi connectivity index (χ4n) is 1.10. The van der Waals surface area contributed by atoms with E-state index in [-0.39, 0.29) is 20.5 Å². The molecule has 5 nitrogen and oxygen atoms in total. The second-order valence-corrected chi connectivity index (χ2v) is 6.36. The summed E-state index contributed by atoms with van der Waals surface area (Å²) in [6.45, 7) is 0. The van der Waals surface area contributed by atoms with Gasteiger partial charge in [0.2, 0.25) is 15.9 Å². The highest BCUT2D eigenvalue weighted by molar-refractivity contribution is 7.89. The number of nitrogens with two attached hydrogens (primary N) is 1. The maximum absolute atomic E-state index is 11.8. The molecule has 0 unspecified atom stereocenters. The van der Waals surface area contributed by atoms with Gasteiger partial charge in [-0.1, -0.05) is 23.2 Å². The predicted octanol–water partition coefficient (Wildman–Crippen LogP) is 1.34. The van der Waals surface area contributed by atoms with Gasteiger partial charge in [0.15, 0.2) is 0 Å². The molecule has 0 aliphatic heterocycles. The molecule has 0 aliphatic rings. The molecule has 17 heavy (non-hydrogen) atoms. The number of benzene rings is 1. The summed E-state index contributed by atoms with van der Waals surface area (Å²) >= 11 is 11.5. The van der Waals surface area contributed by atoms with Gasteiger partial charge in [-0.3, -0.25) is 4.79 Å². The second kappa shape index (κ2) is 4.81. The summed E-state index contributed by atoms with van der Waals surface area (Å²) in [6, 6.07) is 2.28. The average molecular weight is 297 g/mol. The second-order valence-electron chi connectivity index (χ2n) is 3.42. The smallest absolute Gasteiger partial charge is 0.250 e. The topological polar surface area (TPSA) is 80.5 Å². The van der Waals surface area contributed by atoms with Crippen LogP contribution in [0.1, 0.15) is 10.4 Å². The van der Waals surface area contributed by atoms with Gasteiger partial charge in [0.05, 0.1) is 20.5 Å². The third-order valence-electron chi connectivity index (χ3n) is 2.05. The molecular weight excluding hydrogens is 287 g/mol. The van der Waals surface area contributed by atoms with Crippen LogP contribution in [0.3, 0.4) is 0 Å². The summed E-state index contributed by atoms with van der Waals surface area (Å²) in [7, 11) is -0.964. The maximum Gasteiger partial charge on any atom is 0.250 e. The van der Waals surface area contributed by atoms with Gasteiger partial charge in [-0.25, -0.2) is 12.7 Å². The Labute approximate surface area is 109 Å². The van der Waals surface area contributed by atoms with E-state index in [1.54, 1.807) is 0 Å². The number of carbonyl (C=O) groups is 1. The summed E-state index contributed by atoms with van der Waals surface area (Å²) in [4.78, 5) is 11.0. The SMILES string of the molecule is CN(C)S(=O)(=O)c1cc(Cl)c(Cl)c(C(N)=O)c1. The van der Waals surface area contributed by atoms with E-state index >= 15 is 0 Å². The van der Waals surface area contributed by atoms with Gasteiger partial charge in [0.1, 0.15) is 0 Å². The van der Waals surface area contributed by atoms with Crippen molar-refractivity contribution in [3.05, 3.63) is 27.7 Å². The molecule has 0 spiro atoms.